The topological polar surface area (TPSA) is 79.8 Å². The van der Waals surface area contributed by atoms with Gasteiger partial charge in [-0.05, 0) is 87.5 Å². The molecule has 0 radical (unpaired) electrons. The van der Waals surface area contributed by atoms with E-state index in [1.165, 1.54) is 6.21 Å². The molecular weight excluding hydrogens is 529 g/mol. The Balaban J connectivity index is 1.26. The van der Waals surface area contributed by atoms with Crippen LogP contribution < -0.4 is 15.5 Å². The first kappa shape index (κ1) is 22.5. The van der Waals surface area contributed by atoms with Gasteiger partial charge in [0, 0.05) is 9.26 Å². The second-order valence-corrected chi connectivity index (χ2v) is 8.31. The van der Waals surface area contributed by atoms with Gasteiger partial charge in [0.15, 0.2) is 0 Å². The number of esters is 1. The molecular formula is C26H20IN3O3. The molecule has 0 aliphatic carbocycles. The zero-order valence-corrected chi connectivity index (χ0v) is 19.7. The zero-order chi connectivity index (χ0) is 23.0. The number of hydrogen-bond donors (Lipinski definition) is 2. The van der Waals surface area contributed by atoms with E-state index >= 15 is 0 Å². The highest BCUT2D eigenvalue weighted by Gasteiger charge is 2.11. The third-order valence-corrected chi connectivity index (χ3v) is 5.73. The third-order valence-electron chi connectivity index (χ3n) is 4.79. The number of anilines is 1. The van der Waals surface area contributed by atoms with Crippen LogP contribution in [0.25, 0.3) is 10.8 Å². The summed E-state index contributed by atoms with van der Waals surface area (Å²) in [6.45, 7) is 0.100. The molecule has 6 nitrogen and oxygen atoms in total. The molecule has 2 N–H and O–H groups in total. The van der Waals surface area contributed by atoms with E-state index in [-0.39, 0.29) is 12.5 Å². The number of fused-ring (bicyclic) bond motifs is 1. The summed E-state index contributed by atoms with van der Waals surface area (Å²) in [7, 11) is 0. The highest BCUT2D eigenvalue weighted by molar-refractivity contribution is 14.1. The minimum atomic E-state index is -0.410. The molecule has 0 spiro atoms. The molecule has 1 amide bonds. The number of nitrogens with zero attached hydrogens (tertiary/aromatic N) is 1. The largest absolute Gasteiger partial charge is 0.423 e. The monoisotopic (exact) mass is 549 g/mol. The predicted octanol–water partition coefficient (Wildman–Crippen LogP) is 5.23. The maximum absolute atomic E-state index is 12.3. The molecule has 0 fully saturated rings. The van der Waals surface area contributed by atoms with Gasteiger partial charge in [-0.25, -0.2) is 10.2 Å². The normalized spacial score (nSPS) is 10.8. The molecule has 0 aromatic heterocycles. The molecule has 4 aromatic carbocycles. The Morgan fingerprint density at radius 3 is 2.39 bits per heavy atom. The lowest BCUT2D eigenvalue weighted by atomic mass is 10.1. The summed E-state index contributed by atoms with van der Waals surface area (Å²) < 4.78 is 6.24. The number of carbonyl (C=O) groups excluding carboxylic acids is 2. The number of hydrogen-bond acceptors (Lipinski definition) is 5. The van der Waals surface area contributed by atoms with Gasteiger partial charge in [-0.2, -0.15) is 5.10 Å². The number of hydrazone groups is 1. The summed E-state index contributed by atoms with van der Waals surface area (Å²) in [5.41, 5.74) is 4.63. The van der Waals surface area contributed by atoms with Crippen molar-refractivity contribution in [2.45, 2.75) is 0 Å². The van der Waals surface area contributed by atoms with Crippen LogP contribution >= 0.6 is 22.6 Å². The lowest BCUT2D eigenvalue weighted by Gasteiger charge is -2.07. The summed E-state index contributed by atoms with van der Waals surface area (Å²) in [5, 5.41) is 9.32. The Hall–Kier alpha value is -3.72. The summed E-state index contributed by atoms with van der Waals surface area (Å²) >= 11 is 2.10. The van der Waals surface area contributed by atoms with E-state index in [9.17, 15) is 9.59 Å². The van der Waals surface area contributed by atoms with Crippen LogP contribution in [0.5, 0.6) is 5.75 Å². The fourth-order valence-corrected chi connectivity index (χ4v) is 3.72. The highest BCUT2D eigenvalue weighted by Crippen LogP contribution is 2.19. The Morgan fingerprint density at radius 2 is 1.61 bits per heavy atom. The van der Waals surface area contributed by atoms with E-state index in [2.05, 4.69) is 38.4 Å². The maximum Gasteiger partial charge on any atom is 0.344 e. The van der Waals surface area contributed by atoms with Gasteiger partial charge in [0.25, 0.3) is 5.91 Å². The number of ether oxygens (including phenoxy) is 1. The van der Waals surface area contributed by atoms with Crippen molar-refractivity contribution < 1.29 is 14.3 Å². The fraction of sp³-hybridized carbons (Fsp3) is 0.0385. The van der Waals surface area contributed by atoms with Crippen LogP contribution in [0.1, 0.15) is 15.9 Å². The predicted molar refractivity (Wildman–Crippen MR) is 139 cm³/mol. The molecule has 0 aliphatic rings. The van der Waals surface area contributed by atoms with Gasteiger partial charge in [-0.1, -0.05) is 42.5 Å². The van der Waals surface area contributed by atoms with Crippen LogP contribution in [-0.2, 0) is 4.79 Å². The first-order valence-electron chi connectivity index (χ1n) is 10.2. The maximum atomic E-state index is 12.3. The Kier molecular flexibility index (Phi) is 7.31. The van der Waals surface area contributed by atoms with Crippen molar-refractivity contribution in [3.63, 3.8) is 0 Å². The molecule has 164 valence electrons. The van der Waals surface area contributed by atoms with Crippen molar-refractivity contribution in [1.29, 1.82) is 0 Å². The SMILES string of the molecule is O=C(CNc1ccc2ccccc2c1)NN=Cc1ccc(OC(=O)c2ccccc2I)cc1. The number of benzene rings is 4. The number of amides is 1. The van der Waals surface area contributed by atoms with Gasteiger partial charge in [0.1, 0.15) is 5.75 Å². The van der Waals surface area contributed by atoms with Crippen LogP contribution in [0.15, 0.2) is 96.1 Å². The molecule has 33 heavy (non-hydrogen) atoms. The van der Waals surface area contributed by atoms with E-state index in [1.807, 2.05) is 54.6 Å². The molecule has 0 aliphatic heterocycles. The average molecular weight is 549 g/mol. The Morgan fingerprint density at radius 1 is 0.879 bits per heavy atom. The Labute approximate surface area is 204 Å². The van der Waals surface area contributed by atoms with E-state index in [0.717, 1.165) is 25.6 Å². The van der Waals surface area contributed by atoms with Gasteiger partial charge in [0.2, 0.25) is 0 Å². The second-order valence-electron chi connectivity index (χ2n) is 7.15. The number of nitrogens with one attached hydrogen (secondary N) is 2. The van der Waals surface area contributed by atoms with Crippen molar-refractivity contribution in [2.24, 2.45) is 5.10 Å². The second kappa shape index (κ2) is 10.7. The van der Waals surface area contributed by atoms with Crippen LogP contribution in [0.2, 0.25) is 0 Å². The minimum Gasteiger partial charge on any atom is -0.423 e. The fourth-order valence-electron chi connectivity index (χ4n) is 3.11. The molecule has 0 heterocycles. The molecule has 0 atom stereocenters. The van der Waals surface area contributed by atoms with E-state index in [0.29, 0.717) is 11.3 Å². The lowest BCUT2D eigenvalue weighted by molar-refractivity contribution is -0.119. The molecule has 4 aromatic rings. The van der Waals surface area contributed by atoms with E-state index in [4.69, 9.17) is 4.74 Å². The van der Waals surface area contributed by atoms with Gasteiger partial charge < -0.3 is 10.1 Å². The average Bonchev–Trinajstić information content (AvgIpc) is 2.84. The van der Waals surface area contributed by atoms with Crippen molar-refractivity contribution in [2.75, 3.05) is 11.9 Å². The van der Waals surface area contributed by atoms with Gasteiger partial charge in [-0.3, -0.25) is 4.79 Å². The summed E-state index contributed by atoms with van der Waals surface area (Å²) in [6.07, 6.45) is 1.53. The molecule has 0 saturated carbocycles. The highest BCUT2D eigenvalue weighted by atomic mass is 127. The molecule has 0 bridgehead atoms. The smallest absolute Gasteiger partial charge is 0.344 e. The quantitative estimate of drug-likeness (QED) is 0.109. The van der Waals surface area contributed by atoms with E-state index < -0.39 is 5.97 Å². The number of rotatable bonds is 7. The van der Waals surface area contributed by atoms with Crippen molar-refractivity contribution >= 4 is 57.1 Å². The third kappa shape index (κ3) is 6.17. The lowest BCUT2D eigenvalue weighted by Crippen LogP contribution is -2.25. The van der Waals surface area contributed by atoms with Crippen LogP contribution in [0.3, 0.4) is 0 Å². The minimum absolute atomic E-state index is 0.100. The Bertz CT molecular complexity index is 1320. The molecule has 0 saturated heterocycles. The number of halogens is 1. The first-order chi connectivity index (χ1) is 16.1. The van der Waals surface area contributed by atoms with Crippen LogP contribution in [0.4, 0.5) is 5.69 Å². The van der Waals surface area contributed by atoms with Gasteiger partial charge in [-0.15, -0.1) is 0 Å². The van der Waals surface area contributed by atoms with Crippen LogP contribution in [-0.4, -0.2) is 24.6 Å². The van der Waals surface area contributed by atoms with Gasteiger partial charge >= 0.3 is 5.97 Å². The molecule has 4 rings (SSSR count). The molecule has 0 unspecified atom stereocenters. The molecule has 7 heteroatoms. The summed E-state index contributed by atoms with van der Waals surface area (Å²) in [6, 6.07) is 28.1. The summed E-state index contributed by atoms with van der Waals surface area (Å²) in [4.78, 5) is 24.4. The van der Waals surface area contributed by atoms with Crippen molar-refractivity contribution in [3.8, 4) is 5.75 Å². The van der Waals surface area contributed by atoms with Gasteiger partial charge in [0.05, 0.1) is 18.3 Å². The van der Waals surface area contributed by atoms with Crippen molar-refractivity contribution in [1.82, 2.24) is 5.43 Å². The van der Waals surface area contributed by atoms with E-state index in [1.54, 1.807) is 36.4 Å². The number of carbonyl (C=O) groups is 2. The van der Waals surface area contributed by atoms with Crippen molar-refractivity contribution in [3.05, 3.63) is 106 Å². The standard InChI is InChI=1S/C26H20IN3O3/c27-24-8-4-3-7-23(24)26(32)33-22-13-9-18(10-14-22)16-29-30-25(31)17-28-21-12-11-19-5-1-2-6-20(19)15-21/h1-16,28H,17H2,(H,30,31). The first-order valence-corrected chi connectivity index (χ1v) is 11.3. The van der Waals surface area contributed by atoms with Crippen LogP contribution in [0, 0.1) is 3.57 Å². The summed E-state index contributed by atoms with van der Waals surface area (Å²) in [5.74, 6) is -0.240. The zero-order valence-electron chi connectivity index (χ0n) is 17.5.